The maximum Gasteiger partial charge on any atom is 0.249 e. The number of carbonyl (C=O) groups excluding carboxylic acids is 1. The van der Waals surface area contributed by atoms with Crippen molar-refractivity contribution in [2.75, 3.05) is 6.26 Å². The molecule has 2 aromatic rings. The molecule has 0 saturated heterocycles. The fraction of sp³-hybridized carbons (Fsp3) is 0.0625. The zero-order chi connectivity index (χ0) is 16.8. The smallest absolute Gasteiger partial charge is 0.249 e. The zero-order valence-electron chi connectivity index (χ0n) is 12.0. The minimum Gasteiger partial charge on any atom is -0.287 e. The molecule has 23 heavy (non-hydrogen) atoms. The summed E-state index contributed by atoms with van der Waals surface area (Å²) >= 11 is 1.57. The summed E-state index contributed by atoms with van der Waals surface area (Å²) in [6.07, 6.45) is 3.40. The molecule has 116 valence electrons. The average Bonchev–Trinajstić information content (AvgIpc) is 2.56. The van der Waals surface area contributed by atoms with Crippen molar-refractivity contribution in [2.45, 2.75) is 4.90 Å². The third kappa shape index (κ3) is 4.18. The number of hydrogen-bond acceptors (Lipinski definition) is 2. The maximum absolute atomic E-state index is 13.4. The minimum atomic E-state index is -1.08. The Morgan fingerprint density at radius 1 is 1.17 bits per heavy atom. The average molecular weight is 331 g/mol. The summed E-state index contributed by atoms with van der Waals surface area (Å²) in [7, 11) is 0. The lowest BCUT2D eigenvalue weighted by molar-refractivity contribution is -0.112. The SMILES string of the molecule is CSc1ccc(/C=C(\C(=O)N=[N+]=[N-])c2ccc(F)c(F)c2)cc1. The molecule has 2 rings (SSSR count). The second kappa shape index (κ2) is 7.58. The predicted octanol–water partition coefficient (Wildman–Crippen LogP) is 5.06. The van der Waals surface area contributed by atoms with Crippen LogP contribution in [-0.4, -0.2) is 12.2 Å². The number of amides is 1. The van der Waals surface area contributed by atoms with Crippen molar-refractivity contribution in [1.29, 1.82) is 0 Å². The Balaban J connectivity index is 2.52. The number of nitrogens with zero attached hydrogens (tertiary/aromatic N) is 3. The normalized spacial score (nSPS) is 11.0. The molecule has 7 heteroatoms. The van der Waals surface area contributed by atoms with Crippen LogP contribution in [0.1, 0.15) is 11.1 Å². The van der Waals surface area contributed by atoms with E-state index < -0.39 is 17.5 Å². The van der Waals surface area contributed by atoms with E-state index >= 15 is 0 Å². The fourth-order valence-electron chi connectivity index (χ4n) is 1.89. The highest BCUT2D eigenvalue weighted by Crippen LogP contribution is 2.23. The number of hydrogen-bond donors (Lipinski definition) is 0. The van der Waals surface area contributed by atoms with Gasteiger partial charge in [-0.25, -0.2) is 8.78 Å². The molecule has 0 saturated carbocycles. The van der Waals surface area contributed by atoms with E-state index in [-0.39, 0.29) is 11.1 Å². The Morgan fingerprint density at radius 3 is 2.43 bits per heavy atom. The van der Waals surface area contributed by atoms with Crippen LogP contribution >= 0.6 is 11.8 Å². The lowest BCUT2D eigenvalue weighted by Crippen LogP contribution is -1.99. The van der Waals surface area contributed by atoms with Crippen LogP contribution in [-0.2, 0) is 4.79 Å². The lowest BCUT2D eigenvalue weighted by atomic mass is 10.0. The Kier molecular flexibility index (Phi) is 5.51. The molecule has 0 aliphatic heterocycles. The number of halogens is 2. The van der Waals surface area contributed by atoms with E-state index in [9.17, 15) is 13.6 Å². The first-order valence-corrected chi connectivity index (χ1v) is 7.68. The second-order valence-electron chi connectivity index (χ2n) is 4.45. The second-order valence-corrected chi connectivity index (χ2v) is 5.33. The van der Waals surface area contributed by atoms with Crippen molar-refractivity contribution in [2.24, 2.45) is 5.11 Å². The highest BCUT2D eigenvalue weighted by molar-refractivity contribution is 7.98. The van der Waals surface area contributed by atoms with Gasteiger partial charge in [-0.3, -0.25) is 4.79 Å². The van der Waals surface area contributed by atoms with E-state index in [1.54, 1.807) is 23.9 Å². The zero-order valence-corrected chi connectivity index (χ0v) is 12.8. The minimum absolute atomic E-state index is 0.0152. The van der Waals surface area contributed by atoms with E-state index in [2.05, 4.69) is 10.0 Å². The topological polar surface area (TPSA) is 65.8 Å². The predicted molar refractivity (Wildman–Crippen MR) is 86.6 cm³/mol. The Labute approximate surface area is 135 Å². The quantitative estimate of drug-likeness (QED) is 0.196. The van der Waals surface area contributed by atoms with Gasteiger partial charge in [-0.15, -0.1) is 11.8 Å². The molecule has 0 N–H and O–H groups in total. The van der Waals surface area contributed by atoms with Gasteiger partial charge < -0.3 is 0 Å². The van der Waals surface area contributed by atoms with Gasteiger partial charge in [0.15, 0.2) is 11.6 Å². The number of benzene rings is 2. The highest BCUT2D eigenvalue weighted by Gasteiger charge is 2.13. The van der Waals surface area contributed by atoms with Crippen LogP contribution in [0.5, 0.6) is 0 Å². The molecular formula is C16H11F2N3OS. The van der Waals surface area contributed by atoms with Gasteiger partial charge in [-0.05, 0) is 58.4 Å². The fourth-order valence-corrected chi connectivity index (χ4v) is 2.30. The largest absolute Gasteiger partial charge is 0.287 e. The van der Waals surface area contributed by atoms with Crippen molar-refractivity contribution >= 4 is 29.3 Å². The van der Waals surface area contributed by atoms with Crippen LogP contribution in [0.25, 0.3) is 22.1 Å². The summed E-state index contributed by atoms with van der Waals surface area (Å²) in [5.41, 5.74) is 9.23. The van der Waals surface area contributed by atoms with Crippen LogP contribution in [0.2, 0.25) is 0 Å². The first kappa shape index (κ1) is 16.7. The molecule has 0 spiro atoms. The van der Waals surface area contributed by atoms with Crippen molar-refractivity contribution in [3.63, 3.8) is 0 Å². The summed E-state index contributed by atoms with van der Waals surface area (Å²) in [6.45, 7) is 0. The molecule has 2 aromatic carbocycles. The van der Waals surface area contributed by atoms with Crippen LogP contribution < -0.4 is 0 Å². The standard InChI is InChI=1S/C16H11F2N3OS/c1-23-12-5-2-10(3-6-12)8-13(16(22)20-21-19)11-4-7-14(17)15(18)9-11/h2-9H,1H3/b13-8-. The summed E-state index contributed by atoms with van der Waals surface area (Å²) in [6, 6.07) is 10.3. The van der Waals surface area contributed by atoms with Gasteiger partial charge in [-0.1, -0.05) is 18.2 Å². The Hall–Kier alpha value is -2.63. The van der Waals surface area contributed by atoms with Crippen LogP contribution in [0.3, 0.4) is 0 Å². The van der Waals surface area contributed by atoms with Crippen LogP contribution in [0, 0.1) is 11.6 Å². The molecule has 4 nitrogen and oxygen atoms in total. The van der Waals surface area contributed by atoms with Gasteiger partial charge in [0.25, 0.3) is 0 Å². The van der Waals surface area contributed by atoms with Crippen molar-refractivity contribution in [3.8, 4) is 0 Å². The molecular weight excluding hydrogens is 320 g/mol. The monoisotopic (exact) mass is 331 g/mol. The van der Waals surface area contributed by atoms with E-state index in [0.717, 1.165) is 17.0 Å². The highest BCUT2D eigenvalue weighted by atomic mass is 32.2. The maximum atomic E-state index is 13.4. The summed E-state index contributed by atoms with van der Waals surface area (Å²) in [4.78, 5) is 15.5. The molecule has 0 radical (unpaired) electrons. The third-order valence-corrected chi connectivity index (χ3v) is 3.77. The molecule has 0 aliphatic rings. The first-order valence-electron chi connectivity index (χ1n) is 6.45. The van der Waals surface area contributed by atoms with Crippen LogP contribution in [0.4, 0.5) is 8.78 Å². The van der Waals surface area contributed by atoms with Gasteiger partial charge in [0.1, 0.15) is 0 Å². The van der Waals surface area contributed by atoms with Gasteiger partial charge >= 0.3 is 0 Å². The number of azide groups is 1. The Morgan fingerprint density at radius 2 is 1.87 bits per heavy atom. The van der Waals surface area contributed by atoms with Gasteiger partial charge in [0.2, 0.25) is 5.91 Å². The molecule has 0 heterocycles. The molecule has 0 fully saturated rings. The molecule has 0 unspecified atom stereocenters. The van der Waals surface area contributed by atoms with E-state index in [1.807, 2.05) is 18.4 Å². The molecule has 0 aromatic heterocycles. The third-order valence-electron chi connectivity index (χ3n) is 3.02. The van der Waals surface area contributed by atoms with E-state index in [4.69, 9.17) is 5.53 Å². The molecule has 0 atom stereocenters. The van der Waals surface area contributed by atoms with Crippen molar-refractivity contribution in [1.82, 2.24) is 0 Å². The van der Waals surface area contributed by atoms with Gasteiger partial charge in [0, 0.05) is 15.4 Å². The summed E-state index contributed by atoms with van der Waals surface area (Å²) in [5, 5.41) is 3.04. The molecule has 0 aliphatic carbocycles. The molecule has 1 amide bonds. The number of thioether (sulfide) groups is 1. The summed E-state index contributed by atoms with van der Waals surface area (Å²) < 4.78 is 26.5. The van der Waals surface area contributed by atoms with Crippen LogP contribution in [0.15, 0.2) is 52.5 Å². The van der Waals surface area contributed by atoms with Crippen molar-refractivity contribution < 1.29 is 13.6 Å². The Bertz CT molecular complexity index is 813. The lowest BCUT2D eigenvalue weighted by Gasteiger charge is -2.05. The van der Waals surface area contributed by atoms with Crippen molar-refractivity contribution in [3.05, 3.63) is 75.7 Å². The summed E-state index contributed by atoms with van der Waals surface area (Å²) in [5.74, 6) is -2.97. The number of carbonyl (C=O) groups is 1. The molecule has 0 bridgehead atoms. The van der Waals surface area contributed by atoms with Gasteiger partial charge in [0.05, 0.1) is 0 Å². The van der Waals surface area contributed by atoms with E-state index in [1.165, 1.54) is 12.1 Å². The number of rotatable bonds is 4. The first-order chi connectivity index (χ1) is 11.0. The van der Waals surface area contributed by atoms with Gasteiger partial charge in [-0.2, -0.15) is 0 Å². The van der Waals surface area contributed by atoms with E-state index in [0.29, 0.717) is 5.56 Å².